The molecule has 0 radical (unpaired) electrons. The summed E-state index contributed by atoms with van der Waals surface area (Å²) < 4.78 is 0. The second-order valence-electron chi connectivity index (χ2n) is 9.36. The molecule has 0 aliphatic rings. The Kier molecular flexibility index (Phi) is 8.48. The summed E-state index contributed by atoms with van der Waals surface area (Å²) in [6, 6.07) is 16.1. The molecule has 0 fully saturated rings. The molecule has 1 unspecified atom stereocenters. The highest BCUT2D eigenvalue weighted by Gasteiger charge is 2.23. The molecule has 4 rings (SSSR count). The van der Waals surface area contributed by atoms with Crippen LogP contribution in [0, 0.1) is 13.8 Å². The minimum atomic E-state index is -1.09. The van der Waals surface area contributed by atoms with Gasteiger partial charge in [0.25, 0.3) is 5.91 Å². The normalized spacial score (nSPS) is 11.7. The number of nitrogens with zero attached hydrogens (tertiary/aromatic N) is 1. The van der Waals surface area contributed by atoms with Crippen molar-refractivity contribution in [2.75, 3.05) is 5.32 Å². The summed E-state index contributed by atoms with van der Waals surface area (Å²) in [5.74, 6) is -0.671. The molecule has 0 saturated heterocycles. The average molecular weight is 531 g/mol. The van der Waals surface area contributed by atoms with Crippen LogP contribution in [0.2, 0.25) is 5.02 Å². The average Bonchev–Trinajstić information content (AvgIpc) is 3.36. The van der Waals surface area contributed by atoms with E-state index in [0.29, 0.717) is 23.6 Å². The molecule has 2 heterocycles. The molecule has 1 atom stereocenters. The Morgan fingerprint density at radius 3 is 2.50 bits per heavy atom. The maximum absolute atomic E-state index is 13.0. The molecule has 7 nitrogen and oxygen atoms in total. The van der Waals surface area contributed by atoms with Gasteiger partial charge in [0, 0.05) is 35.1 Å². The number of rotatable bonds is 10. The lowest BCUT2D eigenvalue weighted by Gasteiger charge is -2.18. The second kappa shape index (κ2) is 12.0. The molecular weight excluding hydrogens is 500 g/mol. The number of pyridine rings is 1. The molecule has 0 spiro atoms. The smallest absolute Gasteiger partial charge is 0.326 e. The summed E-state index contributed by atoms with van der Waals surface area (Å²) in [5.41, 5.74) is 7.00. The minimum Gasteiger partial charge on any atom is -0.480 e. The zero-order chi connectivity index (χ0) is 27.2. The van der Waals surface area contributed by atoms with Crippen LogP contribution in [-0.2, 0) is 24.2 Å². The summed E-state index contributed by atoms with van der Waals surface area (Å²) in [6.45, 7) is 6.37. The number of anilines is 1. The van der Waals surface area contributed by atoms with Crippen LogP contribution < -0.4 is 10.6 Å². The number of H-pyrrole nitrogens is 1. The van der Waals surface area contributed by atoms with E-state index in [1.54, 1.807) is 25.3 Å². The predicted octanol–water partition coefficient (Wildman–Crippen LogP) is 5.95. The zero-order valence-corrected chi connectivity index (χ0v) is 22.4. The van der Waals surface area contributed by atoms with Crippen molar-refractivity contribution in [3.63, 3.8) is 0 Å². The van der Waals surface area contributed by atoms with Crippen molar-refractivity contribution < 1.29 is 14.7 Å². The van der Waals surface area contributed by atoms with Crippen LogP contribution in [-0.4, -0.2) is 33.0 Å². The fraction of sp³-hybridized carbons (Fsp3) is 0.233. The molecular formula is C30H31ClN4O3. The van der Waals surface area contributed by atoms with Gasteiger partial charge in [-0.25, -0.2) is 9.78 Å². The van der Waals surface area contributed by atoms with Crippen molar-refractivity contribution in [3.8, 4) is 11.1 Å². The van der Waals surface area contributed by atoms with Crippen LogP contribution in [0.25, 0.3) is 11.1 Å². The van der Waals surface area contributed by atoms with E-state index in [1.165, 1.54) is 0 Å². The third kappa shape index (κ3) is 6.61. The van der Waals surface area contributed by atoms with E-state index in [-0.39, 0.29) is 6.42 Å². The van der Waals surface area contributed by atoms with Gasteiger partial charge in [0.05, 0.1) is 6.54 Å². The topological polar surface area (TPSA) is 107 Å². The van der Waals surface area contributed by atoms with E-state index >= 15 is 0 Å². The van der Waals surface area contributed by atoms with Crippen LogP contribution in [0.1, 0.15) is 45.2 Å². The van der Waals surface area contributed by atoms with Gasteiger partial charge in [-0.15, -0.1) is 0 Å². The Morgan fingerprint density at radius 2 is 1.82 bits per heavy atom. The van der Waals surface area contributed by atoms with Gasteiger partial charge in [0.2, 0.25) is 0 Å². The summed E-state index contributed by atoms with van der Waals surface area (Å²) in [6.07, 6.45) is 4.50. The first-order valence-electron chi connectivity index (χ1n) is 12.5. The van der Waals surface area contributed by atoms with Gasteiger partial charge >= 0.3 is 5.97 Å². The van der Waals surface area contributed by atoms with Gasteiger partial charge in [0.1, 0.15) is 11.9 Å². The first kappa shape index (κ1) is 26.9. The van der Waals surface area contributed by atoms with E-state index in [1.807, 2.05) is 56.4 Å². The van der Waals surface area contributed by atoms with Crippen molar-refractivity contribution in [3.05, 3.63) is 106 Å². The van der Waals surface area contributed by atoms with Crippen LogP contribution >= 0.6 is 11.6 Å². The molecule has 196 valence electrons. The van der Waals surface area contributed by atoms with E-state index in [2.05, 4.69) is 26.7 Å². The first-order valence-corrected chi connectivity index (χ1v) is 12.9. The molecule has 4 N–H and O–H groups in total. The number of hydrogen-bond donors (Lipinski definition) is 4. The molecule has 38 heavy (non-hydrogen) atoms. The summed E-state index contributed by atoms with van der Waals surface area (Å²) in [7, 11) is 0. The van der Waals surface area contributed by atoms with E-state index in [0.717, 1.165) is 44.9 Å². The maximum Gasteiger partial charge on any atom is 0.326 e. The van der Waals surface area contributed by atoms with Gasteiger partial charge in [-0.2, -0.15) is 0 Å². The summed E-state index contributed by atoms with van der Waals surface area (Å²) >= 11 is 6.14. The van der Waals surface area contributed by atoms with Crippen LogP contribution in [0.3, 0.4) is 0 Å². The lowest BCUT2D eigenvalue weighted by molar-refractivity contribution is -0.139. The van der Waals surface area contributed by atoms with Crippen LogP contribution in [0.4, 0.5) is 5.82 Å². The Hall–Kier alpha value is -4.10. The number of aliphatic carboxylic acids is 1. The second-order valence-corrected chi connectivity index (χ2v) is 9.80. The minimum absolute atomic E-state index is 0.168. The molecule has 8 heteroatoms. The Balaban J connectivity index is 1.41. The molecule has 2 aromatic heterocycles. The Morgan fingerprint density at radius 1 is 1.05 bits per heavy atom. The number of carboxylic acids is 1. The van der Waals surface area contributed by atoms with Gasteiger partial charge in [-0.1, -0.05) is 42.8 Å². The largest absolute Gasteiger partial charge is 0.480 e. The number of carboxylic acid groups (broad SMARTS) is 1. The number of amides is 1. The van der Waals surface area contributed by atoms with Crippen molar-refractivity contribution in [2.45, 2.75) is 46.2 Å². The standard InChI is InChI=1S/C30H31ClN4O3/c1-4-21-14-24(31)12-19(3)28(21)29(36)35-26(30(37)38)13-20-5-7-22(8-6-20)23-15-25(33-16-23)17-34-27-11-18(2)9-10-32-27/h5-12,14-16,26,33H,4,13,17H2,1-3H3,(H,32,34)(H,35,36)(H,37,38). The number of hydrogen-bond acceptors (Lipinski definition) is 4. The first-order chi connectivity index (χ1) is 18.2. The summed E-state index contributed by atoms with van der Waals surface area (Å²) in [4.78, 5) is 32.6. The Bertz CT molecular complexity index is 1450. The highest BCUT2D eigenvalue weighted by Crippen LogP contribution is 2.23. The SMILES string of the molecule is CCc1cc(Cl)cc(C)c1C(=O)NC(Cc1ccc(-c2c[nH]c(CNc3cc(C)ccn3)c2)cc1)C(=O)O. The molecule has 4 aromatic rings. The van der Waals surface area contributed by atoms with Gasteiger partial charge < -0.3 is 20.7 Å². The number of aryl methyl sites for hydroxylation is 3. The van der Waals surface area contributed by atoms with Gasteiger partial charge in [-0.05, 0) is 84.0 Å². The maximum atomic E-state index is 13.0. The molecule has 0 saturated carbocycles. The quantitative estimate of drug-likeness (QED) is 0.203. The van der Waals surface area contributed by atoms with Crippen LogP contribution in [0.5, 0.6) is 0 Å². The number of carbonyl (C=O) groups excluding carboxylic acids is 1. The number of carbonyl (C=O) groups is 2. The molecule has 0 bridgehead atoms. The van der Waals surface area contributed by atoms with Gasteiger partial charge in [-0.3, -0.25) is 4.79 Å². The number of halogens is 1. The Labute approximate surface area is 227 Å². The van der Waals surface area contributed by atoms with Crippen molar-refractivity contribution >= 4 is 29.3 Å². The third-order valence-corrected chi connectivity index (χ3v) is 6.66. The predicted molar refractivity (Wildman–Crippen MR) is 151 cm³/mol. The highest BCUT2D eigenvalue weighted by molar-refractivity contribution is 6.30. The third-order valence-electron chi connectivity index (χ3n) is 6.44. The highest BCUT2D eigenvalue weighted by atomic mass is 35.5. The fourth-order valence-electron chi connectivity index (χ4n) is 4.44. The lowest BCUT2D eigenvalue weighted by Crippen LogP contribution is -2.42. The van der Waals surface area contributed by atoms with Crippen molar-refractivity contribution in [1.29, 1.82) is 0 Å². The molecule has 1 amide bonds. The van der Waals surface area contributed by atoms with Gasteiger partial charge in [0.15, 0.2) is 0 Å². The molecule has 0 aliphatic carbocycles. The zero-order valence-electron chi connectivity index (χ0n) is 21.6. The van der Waals surface area contributed by atoms with Crippen LogP contribution in [0.15, 0.2) is 67.0 Å². The van der Waals surface area contributed by atoms with E-state index in [4.69, 9.17) is 11.6 Å². The molecule has 2 aromatic carbocycles. The number of aromatic amines is 1. The van der Waals surface area contributed by atoms with E-state index in [9.17, 15) is 14.7 Å². The number of benzene rings is 2. The number of aromatic nitrogens is 2. The fourth-order valence-corrected chi connectivity index (χ4v) is 4.74. The van der Waals surface area contributed by atoms with Crippen molar-refractivity contribution in [1.82, 2.24) is 15.3 Å². The summed E-state index contributed by atoms with van der Waals surface area (Å²) in [5, 5.41) is 16.4. The molecule has 0 aliphatic heterocycles. The van der Waals surface area contributed by atoms with Crippen molar-refractivity contribution in [2.24, 2.45) is 0 Å². The number of nitrogens with one attached hydrogen (secondary N) is 3. The monoisotopic (exact) mass is 530 g/mol. The lowest BCUT2D eigenvalue weighted by atomic mass is 9.98. The van der Waals surface area contributed by atoms with E-state index < -0.39 is 17.9 Å².